The molecule has 26 heavy (non-hydrogen) atoms. The lowest BCUT2D eigenvalue weighted by Gasteiger charge is -2.26. The molecule has 3 rings (SSSR count). The van der Waals surface area contributed by atoms with E-state index in [-0.39, 0.29) is 29.4 Å². The number of carbonyl (C=O) groups excluding carboxylic acids is 1. The molecule has 0 unspecified atom stereocenters. The number of nitrogens with zero attached hydrogens (tertiary/aromatic N) is 2. The Morgan fingerprint density at radius 2 is 2.04 bits per heavy atom. The first kappa shape index (κ1) is 19.0. The molecule has 0 spiro atoms. The van der Waals surface area contributed by atoms with E-state index in [4.69, 9.17) is 14.2 Å². The van der Waals surface area contributed by atoms with Crippen LogP contribution in [0.25, 0.3) is 0 Å². The number of ether oxygens (including phenoxy) is 3. The van der Waals surface area contributed by atoms with Gasteiger partial charge in [0.05, 0.1) is 37.5 Å². The fraction of sp³-hybridized carbons (Fsp3) is 0.500. The lowest BCUT2D eigenvalue weighted by atomic mass is 10.2. The summed E-state index contributed by atoms with van der Waals surface area (Å²) >= 11 is 1.30. The van der Waals surface area contributed by atoms with Gasteiger partial charge in [-0.05, 0) is 12.1 Å². The van der Waals surface area contributed by atoms with Gasteiger partial charge in [-0.15, -0.1) is 0 Å². The van der Waals surface area contributed by atoms with Gasteiger partial charge in [0.15, 0.2) is 15.0 Å². The van der Waals surface area contributed by atoms with Gasteiger partial charge in [0.25, 0.3) is 5.91 Å². The zero-order valence-corrected chi connectivity index (χ0v) is 16.3. The van der Waals surface area contributed by atoms with Crippen LogP contribution in [0, 0.1) is 0 Å². The van der Waals surface area contributed by atoms with Crippen molar-refractivity contribution >= 4 is 38.4 Å². The van der Waals surface area contributed by atoms with Crippen LogP contribution in [-0.4, -0.2) is 70.2 Å². The molecular weight excluding hydrogens is 380 g/mol. The molecule has 8 nitrogen and oxygen atoms in total. The Kier molecular flexibility index (Phi) is 5.44. The summed E-state index contributed by atoms with van der Waals surface area (Å²) in [5.74, 6) is 0.783. The van der Waals surface area contributed by atoms with E-state index >= 15 is 0 Å². The van der Waals surface area contributed by atoms with Crippen molar-refractivity contribution in [3.8, 4) is 11.5 Å². The number of amidine groups is 1. The van der Waals surface area contributed by atoms with Crippen LogP contribution in [0.5, 0.6) is 11.5 Å². The molecule has 1 aromatic rings. The van der Waals surface area contributed by atoms with E-state index in [1.54, 1.807) is 30.2 Å². The van der Waals surface area contributed by atoms with Gasteiger partial charge in [0, 0.05) is 18.4 Å². The van der Waals surface area contributed by atoms with E-state index in [0.29, 0.717) is 22.4 Å². The highest BCUT2D eigenvalue weighted by Crippen LogP contribution is 2.44. The van der Waals surface area contributed by atoms with Gasteiger partial charge in [0.1, 0.15) is 18.1 Å². The largest absolute Gasteiger partial charge is 0.497 e. The molecule has 0 aromatic heterocycles. The van der Waals surface area contributed by atoms with Crippen LogP contribution < -0.4 is 14.4 Å². The molecule has 2 aliphatic heterocycles. The van der Waals surface area contributed by atoms with E-state index in [0.717, 1.165) is 0 Å². The molecule has 0 bridgehead atoms. The van der Waals surface area contributed by atoms with E-state index in [9.17, 15) is 13.2 Å². The third-order valence-corrected chi connectivity index (χ3v) is 7.41. The average molecular weight is 400 g/mol. The number of anilines is 1. The third-order valence-electron chi connectivity index (χ3n) is 4.20. The summed E-state index contributed by atoms with van der Waals surface area (Å²) in [4.78, 5) is 17.9. The smallest absolute Gasteiger partial charge is 0.274 e. The lowest BCUT2D eigenvalue weighted by molar-refractivity contribution is -0.121. The van der Waals surface area contributed by atoms with Crippen molar-refractivity contribution in [2.75, 3.05) is 44.3 Å². The molecule has 2 aliphatic rings. The molecule has 2 heterocycles. The predicted octanol–water partition coefficient (Wildman–Crippen LogP) is 0.952. The van der Waals surface area contributed by atoms with Gasteiger partial charge in [0.2, 0.25) is 0 Å². The number of rotatable bonds is 5. The highest BCUT2D eigenvalue weighted by Gasteiger charge is 2.50. The molecule has 142 valence electrons. The second-order valence-corrected chi connectivity index (χ2v) is 9.29. The molecule has 0 saturated carbocycles. The fourth-order valence-electron chi connectivity index (χ4n) is 3.09. The van der Waals surface area contributed by atoms with E-state index < -0.39 is 15.7 Å². The Balaban J connectivity index is 2.05. The number of sulfone groups is 1. The number of amides is 1. The van der Waals surface area contributed by atoms with Crippen LogP contribution >= 0.6 is 11.8 Å². The fourth-order valence-corrected chi connectivity index (χ4v) is 7.02. The van der Waals surface area contributed by atoms with E-state index in [1.165, 1.54) is 26.0 Å². The summed E-state index contributed by atoms with van der Waals surface area (Å²) in [7, 11) is 1.37. The molecule has 2 atom stereocenters. The minimum absolute atomic E-state index is 0.0112. The minimum Gasteiger partial charge on any atom is -0.497 e. The molecule has 1 amide bonds. The summed E-state index contributed by atoms with van der Waals surface area (Å²) in [5, 5.41) is 0.279. The molecule has 2 saturated heterocycles. The maximum atomic E-state index is 12.1. The van der Waals surface area contributed by atoms with Crippen LogP contribution in [0.4, 0.5) is 5.69 Å². The first-order valence-electron chi connectivity index (χ1n) is 7.87. The standard InChI is InChI=1S/C16H20N2O6S2/c1-22-7-15(19)17-16-18(12-8-26(20,21)9-14(12)25-16)11-5-4-10(23-2)6-13(11)24-3/h4-6,12,14H,7-9H2,1-3H3/t12-,14-/m0/s1. The van der Waals surface area contributed by atoms with Gasteiger partial charge >= 0.3 is 0 Å². The Morgan fingerprint density at radius 3 is 2.69 bits per heavy atom. The van der Waals surface area contributed by atoms with Crippen molar-refractivity contribution < 1.29 is 27.4 Å². The Morgan fingerprint density at radius 1 is 1.27 bits per heavy atom. The van der Waals surface area contributed by atoms with Crippen molar-refractivity contribution in [2.24, 2.45) is 4.99 Å². The zero-order valence-electron chi connectivity index (χ0n) is 14.7. The molecular formula is C16H20N2O6S2. The quantitative estimate of drug-likeness (QED) is 0.721. The summed E-state index contributed by atoms with van der Waals surface area (Å²) < 4.78 is 39.7. The molecule has 0 aliphatic carbocycles. The lowest BCUT2D eigenvalue weighted by Crippen LogP contribution is -2.38. The molecule has 10 heteroatoms. The molecule has 0 radical (unpaired) electrons. The van der Waals surface area contributed by atoms with E-state index in [2.05, 4.69) is 4.99 Å². The van der Waals surface area contributed by atoms with Crippen LogP contribution in [0.2, 0.25) is 0 Å². The summed E-state index contributed by atoms with van der Waals surface area (Å²) in [6, 6.07) is 4.95. The monoisotopic (exact) mass is 400 g/mol. The highest BCUT2D eigenvalue weighted by atomic mass is 32.2. The van der Waals surface area contributed by atoms with Crippen molar-refractivity contribution in [2.45, 2.75) is 11.3 Å². The number of methoxy groups -OCH3 is 3. The van der Waals surface area contributed by atoms with Gasteiger partial charge in [-0.2, -0.15) is 4.99 Å². The molecule has 1 aromatic carbocycles. The normalized spacial score (nSPS) is 25.3. The Hall–Kier alpha value is -1.78. The number of fused-ring (bicyclic) bond motifs is 1. The van der Waals surface area contributed by atoms with Gasteiger partial charge in [-0.1, -0.05) is 11.8 Å². The highest BCUT2D eigenvalue weighted by molar-refractivity contribution is 8.16. The Bertz CT molecular complexity index is 839. The van der Waals surface area contributed by atoms with Crippen LogP contribution in [-0.2, 0) is 19.4 Å². The minimum atomic E-state index is -3.13. The van der Waals surface area contributed by atoms with E-state index in [1.807, 2.05) is 0 Å². The average Bonchev–Trinajstić information content (AvgIpc) is 3.05. The van der Waals surface area contributed by atoms with Crippen LogP contribution in [0.15, 0.2) is 23.2 Å². The number of thioether (sulfide) groups is 1. The predicted molar refractivity (Wildman–Crippen MR) is 100 cm³/mol. The number of carbonyl (C=O) groups is 1. The third kappa shape index (κ3) is 3.67. The number of aliphatic imine (C=N–C) groups is 1. The first-order chi connectivity index (χ1) is 12.4. The van der Waals surface area contributed by atoms with Crippen molar-refractivity contribution in [1.82, 2.24) is 0 Å². The van der Waals surface area contributed by atoms with Gasteiger partial charge in [-0.25, -0.2) is 8.42 Å². The second kappa shape index (κ2) is 7.45. The Labute approximate surface area is 156 Å². The number of hydrogen-bond acceptors (Lipinski definition) is 7. The number of benzene rings is 1. The van der Waals surface area contributed by atoms with Crippen molar-refractivity contribution in [3.05, 3.63) is 18.2 Å². The van der Waals surface area contributed by atoms with Crippen LogP contribution in [0.3, 0.4) is 0 Å². The summed E-state index contributed by atoms with van der Waals surface area (Å²) in [6.45, 7) is -0.134. The number of hydrogen-bond donors (Lipinski definition) is 0. The molecule has 2 fully saturated rings. The zero-order chi connectivity index (χ0) is 18.9. The topological polar surface area (TPSA) is 94.5 Å². The second-order valence-electron chi connectivity index (χ2n) is 5.93. The maximum absolute atomic E-state index is 12.1. The summed E-state index contributed by atoms with van der Waals surface area (Å²) in [6.07, 6.45) is 0. The van der Waals surface area contributed by atoms with Crippen molar-refractivity contribution in [3.63, 3.8) is 0 Å². The van der Waals surface area contributed by atoms with Crippen molar-refractivity contribution in [1.29, 1.82) is 0 Å². The van der Waals surface area contributed by atoms with Gasteiger partial charge in [-0.3, -0.25) is 4.79 Å². The SMILES string of the molecule is COCC(=O)N=C1S[C@H]2CS(=O)(=O)C[C@@H]2N1c1ccc(OC)cc1OC. The first-order valence-corrected chi connectivity index (χ1v) is 10.6. The van der Waals surface area contributed by atoms with Crippen LogP contribution in [0.1, 0.15) is 0 Å². The molecule has 0 N–H and O–H groups in total. The summed E-state index contributed by atoms with van der Waals surface area (Å²) in [5.41, 5.74) is 0.648. The van der Waals surface area contributed by atoms with Gasteiger partial charge < -0.3 is 19.1 Å². The maximum Gasteiger partial charge on any atom is 0.274 e.